The van der Waals surface area contributed by atoms with Gasteiger partial charge in [-0.15, -0.1) is 0 Å². The van der Waals surface area contributed by atoms with Crippen molar-refractivity contribution in [3.8, 4) is 0 Å². The van der Waals surface area contributed by atoms with Crippen molar-refractivity contribution in [3.05, 3.63) is 53.0 Å². The van der Waals surface area contributed by atoms with Gasteiger partial charge < -0.3 is 4.42 Å². The van der Waals surface area contributed by atoms with E-state index in [4.69, 9.17) is 4.42 Å². The van der Waals surface area contributed by atoms with Gasteiger partial charge in [-0.25, -0.2) is 26.4 Å². The number of fused-ring (bicyclic) bond motifs is 1. The standard InChI is InChI=1S/C17H17N3O6S2/c1-20-15-9-8-14(10-16(15)26-17(20)21)28(24,25)19-12-4-6-13(7-5-12)27(22,23)18-11-2-3-11/h4-11,18-19H,2-3H2,1H3. The Bertz CT molecular complexity index is 1320. The van der Waals surface area contributed by atoms with Crippen LogP contribution < -0.4 is 15.2 Å². The van der Waals surface area contributed by atoms with Crippen molar-refractivity contribution in [1.82, 2.24) is 9.29 Å². The largest absolute Gasteiger partial charge is 0.419 e. The Morgan fingerprint density at radius 3 is 2.25 bits per heavy atom. The van der Waals surface area contributed by atoms with E-state index in [9.17, 15) is 21.6 Å². The summed E-state index contributed by atoms with van der Waals surface area (Å²) in [6, 6.07) is 9.50. The van der Waals surface area contributed by atoms with Gasteiger partial charge in [-0.1, -0.05) is 0 Å². The van der Waals surface area contributed by atoms with Gasteiger partial charge in [0.1, 0.15) is 0 Å². The Hall–Kier alpha value is -2.63. The van der Waals surface area contributed by atoms with Crippen molar-refractivity contribution < 1.29 is 21.3 Å². The van der Waals surface area contributed by atoms with E-state index < -0.39 is 25.8 Å². The van der Waals surface area contributed by atoms with Gasteiger partial charge in [0.25, 0.3) is 10.0 Å². The second-order valence-corrected chi connectivity index (χ2v) is 9.98. The van der Waals surface area contributed by atoms with Crippen molar-refractivity contribution in [2.75, 3.05) is 4.72 Å². The maximum absolute atomic E-state index is 12.6. The van der Waals surface area contributed by atoms with Crippen LogP contribution in [0.5, 0.6) is 0 Å². The number of hydrogen-bond acceptors (Lipinski definition) is 6. The minimum atomic E-state index is -3.95. The molecule has 0 radical (unpaired) electrons. The normalized spacial score (nSPS) is 15.0. The lowest BCUT2D eigenvalue weighted by Gasteiger charge is -2.10. The molecule has 28 heavy (non-hydrogen) atoms. The van der Waals surface area contributed by atoms with E-state index in [1.165, 1.54) is 54.1 Å². The Balaban J connectivity index is 1.58. The molecule has 9 nitrogen and oxygen atoms in total. The number of aryl methyl sites for hydroxylation is 1. The molecular weight excluding hydrogens is 406 g/mol. The van der Waals surface area contributed by atoms with Crippen LogP contribution >= 0.6 is 0 Å². The highest BCUT2D eigenvalue weighted by atomic mass is 32.2. The van der Waals surface area contributed by atoms with Crippen LogP contribution in [0, 0.1) is 0 Å². The molecule has 0 aliphatic heterocycles. The summed E-state index contributed by atoms with van der Waals surface area (Å²) in [5.41, 5.74) is 0.838. The highest BCUT2D eigenvalue weighted by Gasteiger charge is 2.28. The van der Waals surface area contributed by atoms with E-state index in [1.807, 2.05) is 0 Å². The zero-order valence-corrected chi connectivity index (χ0v) is 16.4. The average Bonchev–Trinajstić information content (AvgIpc) is 3.39. The van der Waals surface area contributed by atoms with Crippen LogP contribution in [0.25, 0.3) is 11.1 Å². The summed E-state index contributed by atoms with van der Waals surface area (Å²) in [7, 11) is -6.04. The summed E-state index contributed by atoms with van der Waals surface area (Å²) in [4.78, 5) is 11.5. The maximum atomic E-state index is 12.6. The Morgan fingerprint density at radius 1 is 0.964 bits per heavy atom. The minimum Gasteiger partial charge on any atom is -0.408 e. The van der Waals surface area contributed by atoms with Gasteiger partial charge in [0, 0.05) is 24.8 Å². The predicted octanol–water partition coefficient (Wildman–Crippen LogP) is 1.37. The number of rotatable bonds is 6. The molecule has 1 heterocycles. The van der Waals surface area contributed by atoms with Gasteiger partial charge in [-0.3, -0.25) is 9.29 Å². The van der Waals surface area contributed by atoms with Crippen LogP contribution in [0.4, 0.5) is 5.69 Å². The molecule has 0 atom stereocenters. The zero-order chi connectivity index (χ0) is 20.1. The van der Waals surface area contributed by atoms with Crippen molar-refractivity contribution in [1.29, 1.82) is 0 Å². The zero-order valence-electron chi connectivity index (χ0n) is 14.7. The molecule has 1 fully saturated rings. The second-order valence-electron chi connectivity index (χ2n) is 6.58. The Labute approximate surface area is 161 Å². The third-order valence-electron chi connectivity index (χ3n) is 4.39. The summed E-state index contributed by atoms with van der Waals surface area (Å²) in [5.74, 6) is -0.589. The van der Waals surface area contributed by atoms with Gasteiger partial charge in [-0.2, -0.15) is 0 Å². The molecule has 148 valence electrons. The summed E-state index contributed by atoms with van der Waals surface area (Å²) in [6.45, 7) is 0. The topological polar surface area (TPSA) is 127 Å². The number of hydrogen-bond donors (Lipinski definition) is 2. The van der Waals surface area contributed by atoms with Gasteiger partial charge in [0.05, 0.1) is 15.3 Å². The molecule has 2 aromatic carbocycles. The number of sulfonamides is 2. The highest BCUT2D eigenvalue weighted by molar-refractivity contribution is 7.92. The summed E-state index contributed by atoms with van der Waals surface area (Å²) < 4.78 is 60.8. The van der Waals surface area contributed by atoms with E-state index in [0.717, 1.165) is 12.8 Å². The molecule has 3 aromatic rings. The second kappa shape index (κ2) is 6.47. The van der Waals surface area contributed by atoms with Gasteiger partial charge in [-0.05, 0) is 49.2 Å². The highest BCUT2D eigenvalue weighted by Crippen LogP contribution is 2.24. The van der Waals surface area contributed by atoms with Gasteiger partial charge in [0.2, 0.25) is 10.0 Å². The molecule has 1 aromatic heterocycles. The van der Waals surface area contributed by atoms with E-state index in [1.54, 1.807) is 0 Å². The van der Waals surface area contributed by atoms with Crippen LogP contribution in [0.15, 0.2) is 61.5 Å². The number of anilines is 1. The number of aromatic nitrogens is 1. The lowest BCUT2D eigenvalue weighted by Crippen LogP contribution is -2.25. The first-order valence-electron chi connectivity index (χ1n) is 8.40. The molecule has 11 heteroatoms. The Morgan fingerprint density at radius 2 is 1.61 bits per heavy atom. The summed E-state index contributed by atoms with van der Waals surface area (Å²) >= 11 is 0. The smallest absolute Gasteiger partial charge is 0.408 e. The molecule has 1 aliphatic rings. The molecule has 0 amide bonds. The number of nitrogens with zero attached hydrogens (tertiary/aromatic N) is 1. The van der Waals surface area contributed by atoms with Crippen LogP contribution in [-0.4, -0.2) is 27.4 Å². The first-order chi connectivity index (χ1) is 13.2. The fraction of sp³-hybridized carbons (Fsp3) is 0.235. The van der Waals surface area contributed by atoms with Crippen LogP contribution in [-0.2, 0) is 27.1 Å². The molecule has 0 unspecified atom stereocenters. The van der Waals surface area contributed by atoms with E-state index in [-0.39, 0.29) is 27.1 Å². The van der Waals surface area contributed by atoms with Crippen molar-refractivity contribution in [2.24, 2.45) is 7.05 Å². The SMILES string of the molecule is Cn1c(=O)oc2cc(S(=O)(=O)Nc3ccc(S(=O)(=O)NC4CC4)cc3)ccc21. The van der Waals surface area contributed by atoms with Crippen LogP contribution in [0.3, 0.4) is 0 Å². The van der Waals surface area contributed by atoms with E-state index in [0.29, 0.717) is 5.52 Å². The first-order valence-corrected chi connectivity index (χ1v) is 11.4. The van der Waals surface area contributed by atoms with Crippen molar-refractivity contribution in [3.63, 3.8) is 0 Å². The maximum Gasteiger partial charge on any atom is 0.419 e. The average molecular weight is 423 g/mol. The molecular formula is C17H17N3O6S2. The molecule has 1 aliphatic carbocycles. The van der Waals surface area contributed by atoms with Gasteiger partial charge >= 0.3 is 5.76 Å². The van der Waals surface area contributed by atoms with Crippen molar-refractivity contribution >= 4 is 36.8 Å². The third-order valence-corrected chi connectivity index (χ3v) is 7.31. The van der Waals surface area contributed by atoms with Crippen LogP contribution in [0.2, 0.25) is 0 Å². The molecule has 1 saturated carbocycles. The van der Waals surface area contributed by atoms with E-state index >= 15 is 0 Å². The lowest BCUT2D eigenvalue weighted by atomic mass is 10.3. The fourth-order valence-electron chi connectivity index (χ4n) is 2.69. The van der Waals surface area contributed by atoms with Crippen LogP contribution in [0.1, 0.15) is 12.8 Å². The monoisotopic (exact) mass is 423 g/mol. The Kier molecular flexibility index (Phi) is 4.32. The predicted molar refractivity (Wildman–Crippen MR) is 102 cm³/mol. The molecule has 0 saturated heterocycles. The summed E-state index contributed by atoms with van der Waals surface area (Å²) in [5, 5.41) is 0. The quantitative estimate of drug-likeness (QED) is 0.616. The first kappa shape index (κ1) is 18.7. The molecule has 2 N–H and O–H groups in total. The van der Waals surface area contributed by atoms with Crippen molar-refractivity contribution in [2.45, 2.75) is 28.7 Å². The van der Waals surface area contributed by atoms with Gasteiger partial charge in [0.15, 0.2) is 5.58 Å². The van der Waals surface area contributed by atoms with E-state index in [2.05, 4.69) is 9.44 Å². The molecule has 0 spiro atoms. The summed E-state index contributed by atoms with van der Waals surface area (Å²) in [6.07, 6.45) is 1.64. The minimum absolute atomic E-state index is 0.0175. The number of nitrogens with one attached hydrogen (secondary N) is 2. The molecule has 4 rings (SSSR count). The third kappa shape index (κ3) is 3.55. The molecule has 0 bridgehead atoms. The fourth-order valence-corrected chi connectivity index (χ4v) is 5.06. The number of benzene rings is 2. The lowest BCUT2D eigenvalue weighted by molar-refractivity contribution is 0.527. The number of oxazole rings is 1.